The molecule has 94 valence electrons. The van der Waals surface area contributed by atoms with Crippen molar-refractivity contribution in [2.75, 3.05) is 11.5 Å². The molecule has 6 heteroatoms. The van der Waals surface area contributed by atoms with Gasteiger partial charge in [-0.05, 0) is 30.5 Å². The third kappa shape index (κ3) is 2.86. The van der Waals surface area contributed by atoms with E-state index < -0.39 is 15.9 Å². The van der Waals surface area contributed by atoms with Crippen molar-refractivity contribution in [3.63, 3.8) is 0 Å². The second-order valence-electron chi connectivity index (χ2n) is 4.35. The van der Waals surface area contributed by atoms with E-state index in [4.69, 9.17) is 5.73 Å². The quantitative estimate of drug-likeness (QED) is 0.906. The summed E-state index contributed by atoms with van der Waals surface area (Å²) in [5.74, 6) is -0.366. The van der Waals surface area contributed by atoms with Gasteiger partial charge in [-0.1, -0.05) is 15.9 Å². The minimum absolute atomic E-state index is 0.0557. The molecule has 0 bridgehead atoms. The van der Waals surface area contributed by atoms with E-state index in [1.807, 2.05) is 0 Å². The summed E-state index contributed by atoms with van der Waals surface area (Å²) in [5, 5.41) is 0. The molecular formula is C11H13BrFNO2S. The van der Waals surface area contributed by atoms with Crippen LogP contribution >= 0.6 is 15.9 Å². The maximum Gasteiger partial charge on any atom is 0.150 e. The summed E-state index contributed by atoms with van der Waals surface area (Å²) in [7, 11) is -2.99. The highest BCUT2D eigenvalue weighted by Crippen LogP contribution is 2.32. The molecule has 0 aliphatic carbocycles. The van der Waals surface area contributed by atoms with Gasteiger partial charge in [0.05, 0.1) is 11.5 Å². The Hall–Kier alpha value is -0.460. The lowest BCUT2D eigenvalue weighted by Crippen LogP contribution is -2.23. The molecule has 0 spiro atoms. The van der Waals surface area contributed by atoms with E-state index in [2.05, 4.69) is 15.9 Å². The maximum atomic E-state index is 13.6. The molecule has 2 rings (SSSR count). The Kier molecular flexibility index (Phi) is 3.56. The third-order valence-corrected chi connectivity index (χ3v) is 5.38. The lowest BCUT2D eigenvalue weighted by atomic mass is 9.93. The zero-order valence-electron chi connectivity index (χ0n) is 9.07. The Labute approximate surface area is 108 Å². The first-order valence-corrected chi connectivity index (χ1v) is 7.91. The van der Waals surface area contributed by atoms with E-state index in [-0.39, 0.29) is 23.2 Å². The van der Waals surface area contributed by atoms with E-state index in [0.717, 1.165) is 4.47 Å². The van der Waals surface area contributed by atoms with Crippen LogP contribution in [0.15, 0.2) is 22.7 Å². The van der Waals surface area contributed by atoms with Crippen molar-refractivity contribution in [1.82, 2.24) is 0 Å². The standard InChI is InChI=1S/C11H13BrFNO2S/c12-8-1-2-10(13)9(5-8)11(14)7-3-4-17(15,16)6-7/h1-2,5,7,11H,3-4,6,14H2. The molecule has 2 atom stereocenters. The van der Waals surface area contributed by atoms with Crippen LogP contribution in [-0.2, 0) is 9.84 Å². The maximum absolute atomic E-state index is 13.6. The second kappa shape index (κ2) is 4.66. The first-order valence-electron chi connectivity index (χ1n) is 5.30. The first kappa shape index (κ1) is 13.0. The number of rotatable bonds is 2. The van der Waals surface area contributed by atoms with Gasteiger partial charge >= 0.3 is 0 Å². The van der Waals surface area contributed by atoms with Gasteiger partial charge < -0.3 is 5.73 Å². The van der Waals surface area contributed by atoms with E-state index in [1.165, 1.54) is 6.07 Å². The van der Waals surface area contributed by atoms with Crippen molar-refractivity contribution < 1.29 is 12.8 Å². The van der Waals surface area contributed by atoms with Gasteiger partial charge in [-0.3, -0.25) is 0 Å². The fourth-order valence-electron chi connectivity index (χ4n) is 2.13. The first-order chi connectivity index (χ1) is 7.89. The molecule has 0 saturated carbocycles. The molecule has 1 aromatic rings. The number of nitrogens with two attached hydrogens (primary N) is 1. The van der Waals surface area contributed by atoms with Crippen molar-refractivity contribution in [2.45, 2.75) is 12.5 Å². The van der Waals surface area contributed by atoms with Crippen LogP contribution in [0.5, 0.6) is 0 Å². The lowest BCUT2D eigenvalue weighted by molar-refractivity contribution is 0.458. The molecule has 1 fully saturated rings. The van der Waals surface area contributed by atoms with Crippen LogP contribution in [0.3, 0.4) is 0 Å². The molecule has 0 amide bonds. The molecule has 0 aromatic heterocycles. The van der Waals surface area contributed by atoms with Gasteiger partial charge in [0.2, 0.25) is 0 Å². The average molecular weight is 322 g/mol. The molecule has 3 nitrogen and oxygen atoms in total. The summed E-state index contributed by atoms with van der Waals surface area (Å²) in [6.07, 6.45) is 0.509. The van der Waals surface area contributed by atoms with Crippen LogP contribution < -0.4 is 5.73 Å². The van der Waals surface area contributed by atoms with Gasteiger partial charge in [-0.2, -0.15) is 0 Å². The van der Waals surface area contributed by atoms with Crippen molar-refractivity contribution in [1.29, 1.82) is 0 Å². The molecule has 17 heavy (non-hydrogen) atoms. The van der Waals surface area contributed by atoms with Crippen LogP contribution in [-0.4, -0.2) is 19.9 Å². The molecule has 1 aromatic carbocycles. The zero-order valence-corrected chi connectivity index (χ0v) is 11.5. The van der Waals surface area contributed by atoms with Crippen molar-refractivity contribution in [3.8, 4) is 0 Å². The van der Waals surface area contributed by atoms with E-state index in [0.29, 0.717) is 12.0 Å². The molecule has 1 aliphatic heterocycles. The Bertz CT molecular complexity index is 532. The van der Waals surface area contributed by atoms with Gasteiger partial charge in [0, 0.05) is 16.1 Å². The summed E-state index contributed by atoms with van der Waals surface area (Å²) in [4.78, 5) is 0. The predicted molar refractivity (Wildman–Crippen MR) is 67.8 cm³/mol. The fraction of sp³-hybridized carbons (Fsp3) is 0.455. The number of hydrogen-bond donors (Lipinski definition) is 1. The van der Waals surface area contributed by atoms with Gasteiger partial charge in [0.15, 0.2) is 9.84 Å². The number of benzene rings is 1. The summed E-state index contributed by atoms with van der Waals surface area (Å²) in [5.41, 5.74) is 6.34. The van der Waals surface area contributed by atoms with Crippen molar-refractivity contribution >= 4 is 25.8 Å². The lowest BCUT2D eigenvalue weighted by Gasteiger charge is -2.19. The van der Waals surface area contributed by atoms with Crippen LogP contribution in [0, 0.1) is 11.7 Å². The van der Waals surface area contributed by atoms with E-state index in [1.54, 1.807) is 12.1 Å². The number of halogens is 2. The third-order valence-electron chi connectivity index (χ3n) is 3.09. The van der Waals surface area contributed by atoms with Crippen molar-refractivity contribution in [3.05, 3.63) is 34.1 Å². The smallest absolute Gasteiger partial charge is 0.150 e. The predicted octanol–water partition coefficient (Wildman–Crippen LogP) is 2.02. The largest absolute Gasteiger partial charge is 0.324 e. The zero-order chi connectivity index (χ0) is 12.6. The Morgan fingerprint density at radius 1 is 1.47 bits per heavy atom. The molecular weight excluding hydrogens is 309 g/mol. The Morgan fingerprint density at radius 3 is 2.76 bits per heavy atom. The van der Waals surface area contributed by atoms with E-state index >= 15 is 0 Å². The number of hydrogen-bond acceptors (Lipinski definition) is 3. The molecule has 1 heterocycles. The SMILES string of the molecule is NC(c1cc(Br)ccc1F)C1CCS(=O)(=O)C1. The van der Waals surface area contributed by atoms with Gasteiger partial charge in [-0.15, -0.1) is 0 Å². The minimum Gasteiger partial charge on any atom is -0.324 e. The highest BCUT2D eigenvalue weighted by atomic mass is 79.9. The van der Waals surface area contributed by atoms with Crippen LogP contribution in [0.2, 0.25) is 0 Å². The number of sulfone groups is 1. The Balaban J connectivity index is 2.26. The summed E-state index contributed by atoms with van der Waals surface area (Å²) >= 11 is 3.26. The molecule has 2 unspecified atom stereocenters. The van der Waals surface area contributed by atoms with Crippen LogP contribution in [0.25, 0.3) is 0 Å². The van der Waals surface area contributed by atoms with Crippen molar-refractivity contribution in [2.24, 2.45) is 11.7 Å². The normalized spacial score (nSPS) is 24.8. The monoisotopic (exact) mass is 321 g/mol. The summed E-state index contributed by atoms with van der Waals surface area (Å²) in [6, 6.07) is 3.98. The van der Waals surface area contributed by atoms with Crippen LogP contribution in [0.1, 0.15) is 18.0 Å². The molecule has 2 N–H and O–H groups in total. The van der Waals surface area contributed by atoms with Gasteiger partial charge in [-0.25, -0.2) is 12.8 Å². The molecule has 1 saturated heterocycles. The Morgan fingerprint density at radius 2 is 2.18 bits per heavy atom. The summed E-state index contributed by atoms with van der Waals surface area (Å²) < 4.78 is 37.1. The minimum atomic E-state index is -2.99. The highest BCUT2D eigenvalue weighted by molar-refractivity contribution is 9.10. The fourth-order valence-corrected chi connectivity index (χ4v) is 4.36. The summed E-state index contributed by atoms with van der Waals surface area (Å²) in [6.45, 7) is 0. The van der Waals surface area contributed by atoms with Gasteiger partial charge in [0.25, 0.3) is 0 Å². The molecule has 0 radical (unpaired) electrons. The van der Waals surface area contributed by atoms with Crippen LogP contribution in [0.4, 0.5) is 4.39 Å². The van der Waals surface area contributed by atoms with Gasteiger partial charge in [0.1, 0.15) is 5.82 Å². The topological polar surface area (TPSA) is 60.2 Å². The molecule has 1 aliphatic rings. The highest BCUT2D eigenvalue weighted by Gasteiger charge is 2.33. The second-order valence-corrected chi connectivity index (χ2v) is 7.50. The average Bonchev–Trinajstić information content (AvgIpc) is 2.61. The van der Waals surface area contributed by atoms with E-state index in [9.17, 15) is 12.8 Å².